The van der Waals surface area contributed by atoms with Crippen LogP contribution >= 0.6 is 0 Å². The fourth-order valence-corrected chi connectivity index (χ4v) is 0.990. The van der Waals surface area contributed by atoms with Crippen molar-refractivity contribution >= 4 is 11.4 Å². The third-order valence-corrected chi connectivity index (χ3v) is 1.51. The first-order valence-corrected chi connectivity index (χ1v) is 3.18. The van der Waals surface area contributed by atoms with Crippen LogP contribution in [0.2, 0.25) is 0 Å². The summed E-state index contributed by atoms with van der Waals surface area (Å²) in [5.41, 5.74) is 0.623. The lowest BCUT2D eigenvalue weighted by atomic mass is 10.8. The van der Waals surface area contributed by atoms with Gasteiger partial charge < -0.3 is 0 Å². The second-order valence-corrected chi connectivity index (χ2v) is 2.17. The molecule has 0 saturated heterocycles. The minimum Gasteiger partial charge on any atom is -0.245 e. The monoisotopic (exact) mass is 162 g/mol. The minimum absolute atomic E-state index is 0.498. The molecule has 0 bridgehead atoms. The van der Waals surface area contributed by atoms with E-state index in [2.05, 4.69) is 30.8 Å². The molecule has 0 unspecified atom stereocenters. The van der Waals surface area contributed by atoms with Gasteiger partial charge in [0.25, 0.3) is 5.78 Å². The van der Waals surface area contributed by atoms with Crippen LogP contribution in [-0.4, -0.2) is 39.9 Å². The molecule has 0 aliphatic heterocycles. The molecule has 8 heteroatoms. The fourth-order valence-electron chi connectivity index (χ4n) is 0.990. The number of hydrogen-bond donors (Lipinski definition) is 0. The summed E-state index contributed by atoms with van der Waals surface area (Å²) < 4.78 is 2.95. The molecule has 0 aliphatic rings. The fraction of sp³-hybridized carbons (Fsp3) is 0. The van der Waals surface area contributed by atoms with Crippen LogP contribution in [0.4, 0.5) is 0 Å². The third-order valence-electron chi connectivity index (χ3n) is 1.51. The summed E-state index contributed by atoms with van der Waals surface area (Å²) >= 11 is 0. The molecule has 8 nitrogen and oxygen atoms in total. The lowest BCUT2D eigenvalue weighted by Gasteiger charge is -1.89. The van der Waals surface area contributed by atoms with E-state index >= 15 is 0 Å². The Morgan fingerprint density at radius 2 is 2.25 bits per heavy atom. The van der Waals surface area contributed by atoms with Gasteiger partial charge in [-0.2, -0.15) is 0 Å². The van der Waals surface area contributed by atoms with Crippen molar-refractivity contribution in [3.8, 4) is 0 Å². The normalized spacial score (nSPS) is 11.3. The molecule has 0 N–H and O–H groups in total. The van der Waals surface area contributed by atoms with Crippen molar-refractivity contribution in [3.63, 3.8) is 0 Å². The second-order valence-electron chi connectivity index (χ2n) is 2.17. The maximum absolute atomic E-state index is 3.90. The molecule has 3 aromatic rings. The Balaban J connectivity index is 2.71. The first kappa shape index (κ1) is 5.52. The van der Waals surface area contributed by atoms with E-state index in [1.54, 1.807) is 4.40 Å². The highest BCUT2D eigenvalue weighted by Crippen LogP contribution is 1.97. The zero-order chi connectivity index (χ0) is 7.97. The molecule has 3 aromatic heterocycles. The highest BCUT2D eigenvalue weighted by molar-refractivity contribution is 5.40. The number of aromatic nitrogens is 8. The average Bonchev–Trinajstić information content (AvgIpc) is 2.71. The quantitative estimate of drug-likeness (QED) is 0.402. The van der Waals surface area contributed by atoms with E-state index in [4.69, 9.17) is 0 Å². The first-order valence-electron chi connectivity index (χ1n) is 3.18. The molecule has 3 rings (SSSR count). The molecule has 0 saturated carbocycles. The van der Waals surface area contributed by atoms with Gasteiger partial charge in [0.05, 0.1) is 6.20 Å². The SMILES string of the molecule is c1nn2nnnc2n2cnnc12. The van der Waals surface area contributed by atoms with E-state index < -0.39 is 0 Å². The van der Waals surface area contributed by atoms with E-state index in [0.717, 1.165) is 0 Å². The zero-order valence-electron chi connectivity index (χ0n) is 5.73. The van der Waals surface area contributed by atoms with E-state index in [0.29, 0.717) is 11.4 Å². The van der Waals surface area contributed by atoms with Crippen molar-refractivity contribution in [2.45, 2.75) is 0 Å². The van der Waals surface area contributed by atoms with Crippen LogP contribution in [-0.2, 0) is 0 Å². The Kier molecular flexibility index (Phi) is 0.793. The van der Waals surface area contributed by atoms with Gasteiger partial charge in [-0.15, -0.1) is 15.3 Å². The predicted octanol–water partition coefficient (Wildman–Crippen LogP) is -1.44. The molecular weight excluding hydrogens is 160 g/mol. The molecule has 3 heterocycles. The van der Waals surface area contributed by atoms with Crippen LogP contribution in [0.5, 0.6) is 0 Å². The molecule has 12 heavy (non-hydrogen) atoms. The molecular formula is C4H2N8. The summed E-state index contributed by atoms with van der Waals surface area (Å²) in [6.07, 6.45) is 3.07. The van der Waals surface area contributed by atoms with Gasteiger partial charge in [-0.05, 0) is 10.4 Å². The molecule has 0 fully saturated rings. The smallest absolute Gasteiger partial charge is 0.245 e. The Hall–Kier alpha value is -2.12. The van der Waals surface area contributed by atoms with Gasteiger partial charge in [0, 0.05) is 0 Å². The number of nitrogens with zero attached hydrogens (tertiary/aromatic N) is 8. The topological polar surface area (TPSA) is 86.2 Å². The highest BCUT2D eigenvalue weighted by Gasteiger charge is 2.03. The lowest BCUT2D eigenvalue weighted by Crippen LogP contribution is -1.98. The maximum Gasteiger partial charge on any atom is 0.279 e. The van der Waals surface area contributed by atoms with Crippen LogP contribution in [0.15, 0.2) is 12.5 Å². The van der Waals surface area contributed by atoms with Crippen molar-refractivity contribution < 1.29 is 0 Å². The number of hydrogen-bond acceptors (Lipinski definition) is 6. The highest BCUT2D eigenvalue weighted by atomic mass is 15.6. The van der Waals surface area contributed by atoms with Gasteiger partial charge in [0.2, 0.25) is 0 Å². The van der Waals surface area contributed by atoms with Gasteiger partial charge >= 0.3 is 0 Å². The number of rotatable bonds is 0. The van der Waals surface area contributed by atoms with Crippen LogP contribution in [0, 0.1) is 0 Å². The minimum atomic E-state index is 0.498. The van der Waals surface area contributed by atoms with Gasteiger partial charge in [-0.3, -0.25) is 0 Å². The largest absolute Gasteiger partial charge is 0.279 e. The van der Waals surface area contributed by atoms with Crippen molar-refractivity contribution in [1.82, 2.24) is 39.9 Å². The van der Waals surface area contributed by atoms with Crippen LogP contribution in [0.3, 0.4) is 0 Å². The molecule has 58 valence electrons. The molecule has 0 aromatic carbocycles. The van der Waals surface area contributed by atoms with Crippen molar-refractivity contribution in [3.05, 3.63) is 12.5 Å². The lowest BCUT2D eigenvalue weighted by molar-refractivity contribution is 0.724. The van der Waals surface area contributed by atoms with Crippen LogP contribution < -0.4 is 0 Å². The summed E-state index contributed by atoms with van der Waals surface area (Å²) in [7, 11) is 0. The van der Waals surface area contributed by atoms with Gasteiger partial charge in [-0.25, -0.2) is 4.40 Å². The molecule has 0 radical (unpaired) electrons. The van der Waals surface area contributed by atoms with Crippen LogP contribution in [0.25, 0.3) is 11.4 Å². The van der Waals surface area contributed by atoms with E-state index in [1.165, 1.54) is 17.2 Å². The van der Waals surface area contributed by atoms with Crippen molar-refractivity contribution in [2.75, 3.05) is 0 Å². The van der Waals surface area contributed by atoms with Crippen molar-refractivity contribution in [2.24, 2.45) is 0 Å². The zero-order valence-corrected chi connectivity index (χ0v) is 5.73. The first-order chi connectivity index (χ1) is 5.95. The summed E-state index contributed by atoms with van der Waals surface area (Å²) in [5.74, 6) is 0.498. The van der Waals surface area contributed by atoms with Gasteiger partial charge in [0.1, 0.15) is 6.33 Å². The van der Waals surface area contributed by atoms with Gasteiger partial charge in [-0.1, -0.05) is 9.73 Å². The summed E-state index contributed by atoms with van der Waals surface area (Å²) in [4.78, 5) is 0. The Morgan fingerprint density at radius 3 is 3.25 bits per heavy atom. The molecule has 0 aliphatic carbocycles. The van der Waals surface area contributed by atoms with E-state index in [1.807, 2.05) is 0 Å². The molecule has 0 spiro atoms. The Labute approximate surface area is 64.8 Å². The van der Waals surface area contributed by atoms with Crippen LogP contribution in [0.1, 0.15) is 0 Å². The maximum atomic E-state index is 3.90. The van der Waals surface area contributed by atoms with E-state index in [-0.39, 0.29) is 0 Å². The predicted molar refractivity (Wildman–Crippen MR) is 35.1 cm³/mol. The molecule has 0 amide bonds. The Morgan fingerprint density at radius 1 is 1.25 bits per heavy atom. The van der Waals surface area contributed by atoms with E-state index in [9.17, 15) is 0 Å². The molecule has 0 atom stereocenters. The summed E-state index contributed by atoms with van der Waals surface area (Å²) in [5, 5.41) is 22.2. The Bertz CT molecular complexity index is 484. The number of fused-ring (bicyclic) bond motifs is 3. The van der Waals surface area contributed by atoms with Gasteiger partial charge in [0.15, 0.2) is 5.65 Å². The third kappa shape index (κ3) is 0.516. The average molecular weight is 162 g/mol. The summed E-state index contributed by atoms with van der Waals surface area (Å²) in [6.45, 7) is 0. The second kappa shape index (κ2) is 1.72. The number of tetrazole rings is 1. The van der Waals surface area contributed by atoms with Crippen molar-refractivity contribution in [1.29, 1.82) is 0 Å². The summed E-state index contributed by atoms with van der Waals surface area (Å²) in [6, 6.07) is 0. The standard InChI is InChI=1S/C4H2N8/c1-3-7-5-2-11(3)4-8-9-10-12(4)6-1/h1-2H.